The number of hydrogen-bond donors (Lipinski definition) is 1. The summed E-state index contributed by atoms with van der Waals surface area (Å²) < 4.78 is 20.6. The summed E-state index contributed by atoms with van der Waals surface area (Å²) in [5.41, 5.74) is 2.81. The molecule has 6 heteroatoms. The number of halogens is 1. The van der Waals surface area contributed by atoms with Crippen molar-refractivity contribution in [2.24, 2.45) is 0 Å². The molecule has 1 aromatic carbocycles. The number of ether oxygens (including phenoxy) is 1. The Hall–Kier alpha value is -2.60. The molecule has 0 bridgehead atoms. The zero-order chi connectivity index (χ0) is 19.9. The van der Waals surface area contributed by atoms with Gasteiger partial charge in [0.05, 0.1) is 18.7 Å². The molecule has 1 amide bonds. The number of rotatable bonds is 9. The van der Waals surface area contributed by atoms with Crippen molar-refractivity contribution < 1.29 is 13.9 Å². The number of hydrogen-bond acceptors (Lipinski definition) is 3. The Kier molecular flexibility index (Phi) is 6.87. The van der Waals surface area contributed by atoms with Gasteiger partial charge in [0.15, 0.2) is 0 Å². The second kappa shape index (κ2) is 9.55. The van der Waals surface area contributed by atoms with Crippen molar-refractivity contribution in [2.75, 3.05) is 13.2 Å². The van der Waals surface area contributed by atoms with Crippen LogP contribution in [0.15, 0.2) is 47.8 Å². The van der Waals surface area contributed by atoms with Gasteiger partial charge in [-0.05, 0) is 68.5 Å². The molecule has 148 valence electrons. The Morgan fingerprint density at radius 2 is 1.96 bits per heavy atom. The Balaban J connectivity index is 1.43. The first-order valence-electron chi connectivity index (χ1n) is 9.40. The van der Waals surface area contributed by atoms with Crippen LogP contribution in [0.25, 0.3) is 0 Å². The number of aryl methyl sites for hydroxylation is 1. The normalized spacial score (nSPS) is 10.8. The summed E-state index contributed by atoms with van der Waals surface area (Å²) in [6.07, 6.45) is 1.63. The van der Waals surface area contributed by atoms with Gasteiger partial charge in [-0.15, -0.1) is 11.3 Å². The van der Waals surface area contributed by atoms with Crippen LogP contribution in [0, 0.1) is 19.7 Å². The SMILES string of the molecule is Cc1cc(C(=O)NCCCCOc2ccc(F)cc2)c(C)n1Cc1cccs1. The van der Waals surface area contributed by atoms with E-state index < -0.39 is 0 Å². The zero-order valence-electron chi connectivity index (χ0n) is 16.2. The summed E-state index contributed by atoms with van der Waals surface area (Å²) in [5, 5.41) is 5.06. The molecular formula is C22H25FN2O2S. The number of nitrogens with zero attached hydrogens (tertiary/aromatic N) is 1. The number of nitrogens with one attached hydrogen (secondary N) is 1. The summed E-state index contributed by atoms with van der Waals surface area (Å²) in [5.74, 6) is 0.346. The number of amides is 1. The number of benzene rings is 1. The number of unbranched alkanes of at least 4 members (excludes halogenated alkanes) is 1. The molecule has 1 N–H and O–H groups in total. The van der Waals surface area contributed by atoms with Crippen molar-refractivity contribution in [3.05, 3.63) is 75.5 Å². The molecular weight excluding hydrogens is 375 g/mol. The fourth-order valence-corrected chi connectivity index (χ4v) is 3.77. The van der Waals surface area contributed by atoms with Gasteiger partial charge in [-0.2, -0.15) is 0 Å². The summed E-state index contributed by atoms with van der Waals surface area (Å²) >= 11 is 1.72. The van der Waals surface area contributed by atoms with E-state index in [0.29, 0.717) is 18.9 Å². The van der Waals surface area contributed by atoms with Crippen LogP contribution in [0.4, 0.5) is 4.39 Å². The third-order valence-electron chi connectivity index (χ3n) is 4.65. The van der Waals surface area contributed by atoms with Crippen LogP contribution in [0.1, 0.15) is 39.5 Å². The minimum atomic E-state index is -0.273. The fourth-order valence-electron chi connectivity index (χ4n) is 3.08. The lowest BCUT2D eigenvalue weighted by Crippen LogP contribution is -2.25. The van der Waals surface area contributed by atoms with Gasteiger partial charge in [0.2, 0.25) is 0 Å². The number of aromatic nitrogens is 1. The molecule has 2 aromatic heterocycles. The summed E-state index contributed by atoms with van der Waals surface area (Å²) in [7, 11) is 0. The van der Waals surface area contributed by atoms with Gasteiger partial charge in [0.1, 0.15) is 11.6 Å². The standard InChI is InChI=1S/C22H25FN2O2S/c1-16-14-21(17(2)25(16)15-20-6-5-13-28-20)22(26)24-11-3-4-12-27-19-9-7-18(23)8-10-19/h5-10,13-14H,3-4,11-12,15H2,1-2H3,(H,24,26). The zero-order valence-corrected chi connectivity index (χ0v) is 17.0. The number of thiophene rings is 1. The molecule has 0 saturated carbocycles. The van der Waals surface area contributed by atoms with E-state index in [-0.39, 0.29) is 11.7 Å². The molecule has 3 aromatic rings. The molecule has 0 aliphatic carbocycles. The highest BCUT2D eigenvalue weighted by atomic mass is 32.1. The van der Waals surface area contributed by atoms with E-state index >= 15 is 0 Å². The summed E-state index contributed by atoms with van der Waals surface area (Å²) in [6.45, 7) is 5.95. The van der Waals surface area contributed by atoms with E-state index in [1.807, 2.05) is 26.0 Å². The topological polar surface area (TPSA) is 43.3 Å². The van der Waals surface area contributed by atoms with Crippen LogP contribution >= 0.6 is 11.3 Å². The summed E-state index contributed by atoms with van der Waals surface area (Å²) in [4.78, 5) is 13.8. The average molecular weight is 401 g/mol. The molecule has 0 saturated heterocycles. The molecule has 2 heterocycles. The van der Waals surface area contributed by atoms with E-state index in [2.05, 4.69) is 21.3 Å². The van der Waals surface area contributed by atoms with Crippen molar-refractivity contribution >= 4 is 17.2 Å². The van der Waals surface area contributed by atoms with Gasteiger partial charge < -0.3 is 14.6 Å². The lowest BCUT2D eigenvalue weighted by atomic mass is 10.2. The lowest BCUT2D eigenvalue weighted by Gasteiger charge is -2.09. The summed E-state index contributed by atoms with van der Waals surface area (Å²) in [6, 6.07) is 12.1. The Bertz CT molecular complexity index is 902. The molecule has 0 aliphatic heterocycles. The van der Waals surface area contributed by atoms with Crippen molar-refractivity contribution in [1.29, 1.82) is 0 Å². The monoisotopic (exact) mass is 400 g/mol. The third-order valence-corrected chi connectivity index (χ3v) is 5.51. The van der Waals surface area contributed by atoms with E-state index in [1.165, 1.54) is 17.0 Å². The van der Waals surface area contributed by atoms with Crippen LogP contribution in [-0.4, -0.2) is 23.6 Å². The van der Waals surface area contributed by atoms with Crippen molar-refractivity contribution in [1.82, 2.24) is 9.88 Å². The molecule has 4 nitrogen and oxygen atoms in total. The van der Waals surface area contributed by atoms with E-state index in [1.54, 1.807) is 23.5 Å². The van der Waals surface area contributed by atoms with Gasteiger partial charge >= 0.3 is 0 Å². The lowest BCUT2D eigenvalue weighted by molar-refractivity contribution is 0.0951. The Morgan fingerprint density at radius 3 is 2.68 bits per heavy atom. The molecule has 0 unspecified atom stereocenters. The third kappa shape index (κ3) is 5.23. The van der Waals surface area contributed by atoms with Gasteiger partial charge in [-0.3, -0.25) is 4.79 Å². The van der Waals surface area contributed by atoms with Crippen LogP contribution in [-0.2, 0) is 6.54 Å². The quantitative estimate of drug-likeness (QED) is 0.517. The maximum Gasteiger partial charge on any atom is 0.253 e. The molecule has 0 fully saturated rings. The highest BCUT2D eigenvalue weighted by Gasteiger charge is 2.15. The second-order valence-corrected chi connectivity index (χ2v) is 7.75. The van der Waals surface area contributed by atoms with Crippen molar-refractivity contribution in [3.8, 4) is 5.75 Å². The first-order chi connectivity index (χ1) is 13.5. The minimum absolute atomic E-state index is 0.0371. The van der Waals surface area contributed by atoms with Gasteiger partial charge in [-0.1, -0.05) is 6.07 Å². The van der Waals surface area contributed by atoms with Gasteiger partial charge in [0.25, 0.3) is 5.91 Å². The fraction of sp³-hybridized carbons (Fsp3) is 0.318. The first kappa shape index (κ1) is 20.1. The Morgan fingerprint density at radius 1 is 1.18 bits per heavy atom. The van der Waals surface area contributed by atoms with Crippen molar-refractivity contribution in [2.45, 2.75) is 33.2 Å². The largest absolute Gasteiger partial charge is 0.494 e. The van der Waals surface area contributed by atoms with Gasteiger partial charge in [-0.25, -0.2) is 4.39 Å². The maximum absolute atomic E-state index is 12.8. The molecule has 0 aliphatic rings. The smallest absolute Gasteiger partial charge is 0.253 e. The maximum atomic E-state index is 12.8. The van der Waals surface area contributed by atoms with E-state index in [0.717, 1.165) is 36.3 Å². The molecule has 0 atom stereocenters. The van der Waals surface area contributed by atoms with Crippen LogP contribution in [0.3, 0.4) is 0 Å². The number of carbonyl (C=O) groups excluding carboxylic acids is 1. The van der Waals surface area contributed by atoms with Crippen LogP contribution in [0.2, 0.25) is 0 Å². The predicted octanol–water partition coefficient (Wildman–Crippen LogP) is 4.94. The Labute approximate surface area is 169 Å². The van der Waals surface area contributed by atoms with Gasteiger partial charge in [0, 0.05) is 22.8 Å². The van der Waals surface area contributed by atoms with Crippen LogP contribution < -0.4 is 10.1 Å². The minimum Gasteiger partial charge on any atom is -0.494 e. The van der Waals surface area contributed by atoms with E-state index in [9.17, 15) is 9.18 Å². The molecule has 0 spiro atoms. The van der Waals surface area contributed by atoms with Crippen LogP contribution in [0.5, 0.6) is 5.75 Å². The van der Waals surface area contributed by atoms with E-state index in [4.69, 9.17) is 4.74 Å². The second-order valence-electron chi connectivity index (χ2n) is 6.72. The molecule has 28 heavy (non-hydrogen) atoms. The number of carbonyl (C=O) groups is 1. The predicted molar refractivity (Wildman–Crippen MR) is 111 cm³/mol. The first-order valence-corrected chi connectivity index (χ1v) is 10.3. The van der Waals surface area contributed by atoms with Crippen molar-refractivity contribution in [3.63, 3.8) is 0 Å². The average Bonchev–Trinajstić information content (AvgIpc) is 3.29. The highest BCUT2D eigenvalue weighted by molar-refractivity contribution is 7.09. The molecule has 3 rings (SSSR count). The molecule has 0 radical (unpaired) electrons. The highest BCUT2D eigenvalue weighted by Crippen LogP contribution is 2.19.